The van der Waals surface area contributed by atoms with E-state index in [2.05, 4.69) is 17.4 Å². The van der Waals surface area contributed by atoms with E-state index in [1.807, 2.05) is 18.2 Å². The number of nitrogen functional groups attached to an aromatic ring is 1. The van der Waals surface area contributed by atoms with Crippen LogP contribution in [0.3, 0.4) is 0 Å². The zero-order valence-electron chi connectivity index (χ0n) is 17.8. The standard InChI is InChI=1S/C24H32Cl2N2O3/c25-20-15-19(16-21(26)24(20)27)22(29)17-28-13-6-1-2-7-14-31-23(30)12-8-11-18-9-4-3-5-10-18/h3-5,9-10,15-16,22,28-29H,1-2,6-8,11-14,17,27H2. The molecule has 0 aromatic heterocycles. The summed E-state index contributed by atoms with van der Waals surface area (Å²) in [6, 6.07) is 13.4. The Bertz CT molecular complexity index is 780. The highest BCUT2D eigenvalue weighted by atomic mass is 35.5. The fourth-order valence-electron chi connectivity index (χ4n) is 3.20. The topological polar surface area (TPSA) is 84.6 Å². The highest BCUT2D eigenvalue weighted by Gasteiger charge is 2.12. The molecule has 7 heteroatoms. The lowest BCUT2D eigenvalue weighted by Gasteiger charge is -2.14. The molecule has 0 amide bonds. The van der Waals surface area contributed by atoms with Crippen LogP contribution >= 0.6 is 23.2 Å². The molecule has 0 bridgehead atoms. The van der Waals surface area contributed by atoms with Crippen LogP contribution in [0.5, 0.6) is 0 Å². The molecule has 0 heterocycles. The normalized spacial score (nSPS) is 12.0. The summed E-state index contributed by atoms with van der Waals surface area (Å²) in [5.41, 5.74) is 7.92. The molecular formula is C24H32Cl2N2O3. The quantitative estimate of drug-likeness (QED) is 0.199. The van der Waals surface area contributed by atoms with Gasteiger partial charge >= 0.3 is 5.97 Å². The first-order valence-electron chi connectivity index (χ1n) is 10.8. The number of hydrogen-bond donors (Lipinski definition) is 3. The van der Waals surface area contributed by atoms with Crippen LogP contribution in [-0.4, -0.2) is 30.8 Å². The molecule has 2 aromatic carbocycles. The van der Waals surface area contributed by atoms with Crippen LogP contribution in [0.2, 0.25) is 10.0 Å². The molecule has 0 aliphatic heterocycles. The van der Waals surface area contributed by atoms with Crippen LogP contribution in [0.4, 0.5) is 5.69 Å². The molecule has 2 rings (SSSR count). The molecule has 5 nitrogen and oxygen atoms in total. The number of halogens is 2. The number of nitrogens with one attached hydrogen (secondary N) is 1. The third-order valence-electron chi connectivity index (χ3n) is 5.02. The smallest absolute Gasteiger partial charge is 0.305 e. The van der Waals surface area contributed by atoms with Crippen LogP contribution in [0, 0.1) is 0 Å². The average molecular weight is 467 g/mol. The van der Waals surface area contributed by atoms with Crippen LogP contribution in [0.25, 0.3) is 0 Å². The van der Waals surface area contributed by atoms with Crippen LogP contribution in [0.15, 0.2) is 42.5 Å². The zero-order chi connectivity index (χ0) is 22.5. The first kappa shape index (κ1) is 25.5. The minimum absolute atomic E-state index is 0.116. The Kier molecular flexibility index (Phi) is 11.8. The molecule has 0 spiro atoms. The molecular weight excluding hydrogens is 435 g/mol. The number of ether oxygens (including phenoxy) is 1. The molecule has 170 valence electrons. The number of carbonyl (C=O) groups excluding carboxylic acids is 1. The molecule has 2 aromatic rings. The number of hydrogen-bond acceptors (Lipinski definition) is 5. The second-order valence-corrected chi connectivity index (χ2v) is 8.41. The van der Waals surface area contributed by atoms with Gasteiger partial charge in [0.1, 0.15) is 0 Å². The van der Waals surface area contributed by atoms with Gasteiger partial charge in [-0.1, -0.05) is 66.4 Å². The molecule has 0 radical (unpaired) electrons. The van der Waals surface area contributed by atoms with Crippen molar-refractivity contribution in [3.8, 4) is 0 Å². The van der Waals surface area contributed by atoms with Gasteiger partial charge in [-0.15, -0.1) is 0 Å². The monoisotopic (exact) mass is 466 g/mol. The van der Waals surface area contributed by atoms with Gasteiger partial charge in [-0.3, -0.25) is 4.79 Å². The maximum Gasteiger partial charge on any atom is 0.305 e. The molecule has 1 atom stereocenters. The third-order valence-corrected chi connectivity index (χ3v) is 5.65. The van der Waals surface area contributed by atoms with Crippen molar-refractivity contribution in [1.82, 2.24) is 5.32 Å². The van der Waals surface area contributed by atoms with Crippen molar-refractivity contribution in [2.75, 3.05) is 25.4 Å². The van der Waals surface area contributed by atoms with Gasteiger partial charge in [-0.2, -0.15) is 0 Å². The molecule has 31 heavy (non-hydrogen) atoms. The Balaban J connectivity index is 1.44. The number of unbranched alkanes of at least 4 members (excludes halogenated alkanes) is 3. The van der Waals surface area contributed by atoms with Crippen molar-refractivity contribution in [2.24, 2.45) is 0 Å². The Labute approximate surface area is 194 Å². The van der Waals surface area contributed by atoms with Gasteiger partial charge in [0.05, 0.1) is 28.4 Å². The summed E-state index contributed by atoms with van der Waals surface area (Å²) in [6.45, 7) is 1.69. The number of aliphatic hydroxyl groups excluding tert-OH is 1. The lowest BCUT2D eigenvalue weighted by Crippen LogP contribution is -2.22. The number of benzene rings is 2. The van der Waals surface area contributed by atoms with Crippen molar-refractivity contribution in [3.63, 3.8) is 0 Å². The number of anilines is 1. The van der Waals surface area contributed by atoms with Gasteiger partial charge in [-0.25, -0.2) is 0 Å². The predicted octanol–water partition coefficient (Wildman–Crippen LogP) is 5.33. The summed E-state index contributed by atoms with van der Waals surface area (Å²) in [6.07, 6.45) is 5.38. The lowest BCUT2D eigenvalue weighted by molar-refractivity contribution is -0.143. The van der Waals surface area contributed by atoms with E-state index in [1.54, 1.807) is 12.1 Å². The predicted molar refractivity (Wildman–Crippen MR) is 128 cm³/mol. The van der Waals surface area contributed by atoms with E-state index >= 15 is 0 Å². The van der Waals surface area contributed by atoms with Gasteiger partial charge in [-0.05, 0) is 55.5 Å². The number of rotatable bonds is 14. The summed E-state index contributed by atoms with van der Waals surface area (Å²) in [7, 11) is 0. The van der Waals surface area contributed by atoms with Gasteiger partial charge in [0.15, 0.2) is 0 Å². The lowest BCUT2D eigenvalue weighted by atomic mass is 10.1. The number of nitrogens with two attached hydrogens (primary N) is 1. The van der Waals surface area contributed by atoms with E-state index < -0.39 is 6.10 Å². The van der Waals surface area contributed by atoms with E-state index in [1.165, 1.54) is 5.56 Å². The maximum atomic E-state index is 11.8. The fourth-order valence-corrected chi connectivity index (χ4v) is 3.70. The minimum atomic E-state index is -0.697. The van der Waals surface area contributed by atoms with Crippen LogP contribution in [-0.2, 0) is 16.0 Å². The highest BCUT2D eigenvalue weighted by Crippen LogP contribution is 2.31. The van der Waals surface area contributed by atoms with Gasteiger partial charge in [0.25, 0.3) is 0 Å². The minimum Gasteiger partial charge on any atom is -0.466 e. The largest absolute Gasteiger partial charge is 0.466 e. The van der Waals surface area contributed by atoms with Crippen molar-refractivity contribution in [2.45, 2.75) is 51.0 Å². The summed E-state index contributed by atoms with van der Waals surface area (Å²) in [4.78, 5) is 11.8. The van der Waals surface area contributed by atoms with E-state index in [4.69, 9.17) is 33.7 Å². The van der Waals surface area contributed by atoms with Crippen LogP contribution in [0.1, 0.15) is 55.8 Å². The van der Waals surface area contributed by atoms with Gasteiger partial charge < -0.3 is 20.9 Å². The second kappa shape index (κ2) is 14.3. The summed E-state index contributed by atoms with van der Waals surface area (Å²) in [5.74, 6) is -0.116. The van der Waals surface area contributed by atoms with Crippen LogP contribution < -0.4 is 11.1 Å². The average Bonchev–Trinajstić information content (AvgIpc) is 2.76. The molecule has 0 saturated carbocycles. The summed E-state index contributed by atoms with van der Waals surface area (Å²) >= 11 is 12.0. The van der Waals surface area contributed by atoms with Crippen molar-refractivity contribution in [1.29, 1.82) is 0 Å². The summed E-state index contributed by atoms with van der Waals surface area (Å²) < 4.78 is 5.30. The Morgan fingerprint density at radius 3 is 2.42 bits per heavy atom. The molecule has 1 unspecified atom stereocenters. The van der Waals surface area contributed by atoms with E-state index in [0.717, 1.165) is 45.1 Å². The van der Waals surface area contributed by atoms with Gasteiger partial charge in [0.2, 0.25) is 0 Å². The third kappa shape index (κ3) is 9.92. The number of carbonyl (C=O) groups is 1. The summed E-state index contributed by atoms with van der Waals surface area (Å²) in [5, 5.41) is 14.2. The SMILES string of the molecule is Nc1c(Cl)cc(C(O)CNCCCCCCOC(=O)CCCc2ccccc2)cc1Cl. The van der Waals surface area contributed by atoms with E-state index in [-0.39, 0.29) is 5.97 Å². The number of aliphatic hydroxyl groups is 1. The second-order valence-electron chi connectivity index (χ2n) is 7.59. The molecule has 0 fully saturated rings. The molecule has 0 saturated heterocycles. The molecule has 4 N–H and O–H groups in total. The van der Waals surface area contributed by atoms with E-state index in [0.29, 0.717) is 40.9 Å². The molecule has 0 aliphatic carbocycles. The van der Waals surface area contributed by atoms with Crippen molar-refractivity contribution in [3.05, 3.63) is 63.6 Å². The van der Waals surface area contributed by atoms with Crippen molar-refractivity contribution < 1.29 is 14.6 Å². The Hall–Kier alpha value is -1.79. The fraction of sp³-hybridized carbons (Fsp3) is 0.458. The van der Waals surface area contributed by atoms with Gasteiger partial charge in [0, 0.05) is 13.0 Å². The first-order valence-corrected chi connectivity index (χ1v) is 11.6. The maximum absolute atomic E-state index is 11.8. The van der Waals surface area contributed by atoms with E-state index in [9.17, 15) is 9.90 Å². The number of aryl methyl sites for hydroxylation is 1. The highest BCUT2D eigenvalue weighted by molar-refractivity contribution is 6.38. The Morgan fingerprint density at radius 1 is 1.03 bits per heavy atom. The zero-order valence-corrected chi connectivity index (χ0v) is 19.3. The number of esters is 1. The van der Waals surface area contributed by atoms with Crippen molar-refractivity contribution >= 4 is 34.9 Å². The Morgan fingerprint density at radius 2 is 1.71 bits per heavy atom. The molecule has 0 aliphatic rings. The first-order chi connectivity index (χ1) is 15.0.